The number of benzene rings is 3. The van der Waals surface area contributed by atoms with Crippen LogP contribution >= 0.6 is 0 Å². The van der Waals surface area contributed by atoms with Gasteiger partial charge in [-0.05, 0) is 60.7 Å². The molecule has 0 spiro atoms. The van der Waals surface area contributed by atoms with Crippen molar-refractivity contribution in [2.75, 3.05) is 11.9 Å². The maximum absolute atomic E-state index is 13.0. The number of anilines is 1. The lowest BCUT2D eigenvalue weighted by Crippen LogP contribution is -2.19. The number of rotatable bonds is 8. The summed E-state index contributed by atoms with van der Waals surface area (Å²) in [7, 11) is 0. The quantitative estimate of drug-likeness (QED) is 0.317. The predicted molar refractivity (Wildman–Crippen MR) is 117 cm³/mol. The summed E-state index contributed by atoms with van der Waals surface area (Å²) in [5, 5.41) is 2.76. The van der Waals surface area contributed by atoms with Gasteiger partial charge in [-0.15, -0.1) is 0 Å². The zero-order valence-electron chi connectivity index (χ0n) is 17.6. The van der Waals surface area contributed by atoms with E-state index in [1.165, 1.54) is 48.5 Å². The van der Waals surface area contributed by atoms with Gasteiger partial charge in [0.05, 0.1) is 0 Å². The van der Waals surface area contributed by atoms with Crippen molar-refractivity contribution >= 4 is 23.3 Å². The first-order chi connectivity index (χ1) is 15.3. The summed E-state index contributed by atoms with van der Waals surface area (Å²) in [5.74, 6) is -0.932. The second kappa shape index (κ2) is 10.3. The molecule has 1 amide bonds. The normalized spacial score (nSPS) is 10.5. The highest BCUT2D eigenvalue weighted by molar-refractivity contribution is 6.09. The Morgan fingerprint density at radius 1 is 0.875 bits per heavy atom. The fourth-order valence-corrected chi connectivity index (χ4v) is 2.70. The van der Waals surface area contributed by atoms with E-state index in [1.54, 1.807) is 38.1 Å². The molecule has 0 aliphatic heterocycles. The summed E-state index contributed by atoms with van der Waals surface area (Å²) >= 11 is 0. The van der Waals surface area contributed by atoms with Gasteiger partial charge in [0.2, 0.25) is 5.91 Å². The largest absolute Gasteiger partial charge is 0.482 e. The minimum atomic E-state index is -0.626. The number of esters is 1. The summed E-state index contributed by atoms with van der Waals surface area (Å²) in [5.41, 5.74) is 1.31. The van der Waals surface area contributed by atoms with Crippen LogP contribution in [0.2, 0.25) is 0 Å². The molecular formula is C25H22FNO5. The van der Waals surface area contributed by atoms with Crippen molar-refractivity contribution in [1.82, 2.24) is 0 Å². The zero-order chi connectivity index (χ0) is 23.1. The van der Waals surface area contributed by atoms with Crippen LogP contribution in [0.25, 0.3) is 0 Å². The number of amides is 1. The average molecular weight is 435 g/mol. The summed E-state index contributed by atoms with van der Waals surface area (Å²) < 4.78 is 23.7. The Kier molecular flexibility index (Phi) is 7.33. The van der Waals surface area contributed by atoms with Crippen LogP contribution < -0.4 is 14.8 Å². The fraction of sp³-hybridized carbons (Fsp3) is 0.160. The molecule has 0 aliphatic rings. The van der Waals surface area contributed by atoms with Crippen LogP contribution in [-0.4, -0.2) is 24.3 Å². The number of carbonyl (C=O) groups excluding carboxylic acids is 3. The van der Waals surface area contributed by atoms with Gasteiger partial charge in [0, 0.05) is 28.8 Å². The van der Waals surface area contributed by atoms with Crippen LogP contribution in [0.4, 0.5) is 10.1 Å². The molecule has 0 saturated carbocycles. The Morgan fingerprint density at radius 3 is 2.12 bits per heavy atom. The predicted octanol–water partition coefficient (Wildman–Crippen LogP) is 4.64. The van der Waals surface area contributed by atoms with Crippen LogP contribution in [0.1, 0.15) is 29.8 Å². The van der Waals surface area contributed by atoms with E-state index in [2.05, 4.69) is 5.32 Å². The van der Waals surface area contributed by atoms with Crippen molar-refractivity contribution in [1.29, 1.82) is 0 Å². The van der Waals surface area contributed by atoms with E-state index >= 15 is 0 Å². The van der Waals surface area contributed by atoms with Crippen molar-refractivity contribution in [3.05, 3.63) is 89.7 Å². The second-order valence-electron chi connectivity index (χ2n) is 7.29. The number of halogens is 1. The number of hydrogen-bond acceptors (Lipinski definition) is 5. The summed E-state index contributed by atoms with van der Waals surface area (Å²) in [6.45, 7) is 3.24. The van der Waals surface area contributed by atoms with Crippen molar-refractivity contribution < 1.29 is 28.2 Å². The topological polar surface area (TPSA) is 81.7 Å². The van der Waals surface area contributed by atoms with E-state index in [-0.39, 0.29) is 30.0 Å². The summed E-state index contributed by atoms with van der Waals surface area (Å²) in [6.07, 6.45) is 0. The highest BCUT2D eigenvalue weighted by Crippen LogP contribution is 2.19. The van der Waals surface area contributed by atoms with Gasteiger partial charge >= 0.3 is 5.97 Å². The van der Waals surface area contributed by atoms with Gasteiger partial charge in [0.15, 0.2) is 12.4 Å². The highest BCUT2D eigenvalue weighted by Gasteiger charge is 2.12. The zero-order valence-corrected chi connectivity index (χ0v) is 17.6. The van der Waals surface area contributed by atoms with E-state index in [0.29, 0.717) is 22.6 Å². The van der Waals surface area contributed by atoms with Crippen molar-refractivity contribution in [2.45, 2.75) is 13.8 Å². The number of carbonyl (C=O) groups is 3. The van der Waals surface area contributed by atoms with Gasteiger partial charge in [-0.25, -0.2) is 9.18 Å². The van der Waals surface area contributed by atoms with E-state index in [9.17, 15) is 18.8 Å². The maximum Gasteiger partial charge on any atom is 0.349 e. The molecular weight excluding hydrogens is 413 g/mol. The number of ether oxygens (including phenoxy) is 2. The number of hydrogen-bond donors (Lipinski definition) is 1. The highest BCUT2D eigenvalue weighted by atomic mass is 19.1. The molecule has 0 radical (unpaired) electrons. The van der Waals surface area contributed by atoms with Gasteiger partial charge in [-0.1, -0.05) is 19.9 Å². The first-order valence-electron chi connectivity index (χ1n) is 9.96. The summed E-state index contributed by atoms with van der Waals surface area (Å²) in [4.78, 5) is 36.3. The van der Waals surface area contributed by atoms with Crippen LogP contribution in [0.3, 0.4) is 0 Å². The molecule has 3 rings (SSSR count). The monoisotopic (exact) mass is 435 g/mol. The number of nitrogens with one attached hydrogen (secondary N) is 1. The van der Waals surface area contributed by atoms with Crippen LogP contribution in [0.5, 0.6) is 11.5 Å². The number of ketones is 1. The Bertz CT molecular complexity index is 1110. The van der Waals surface area contributed by atoms with Crippen molar-refractivity contribution in [3.8, 4) is 11.5 Å². The van der Waals surface area contributed by atoms with E-state index in [4.69, 9.17) is 9.47 Å². The standard InChI is InChI=1S/C25H22FNO5/c1-16(2)25(30)27-20-4-3-5-22(14-20)31-15-23(28)32-21-12-8-18(9-13-21)24(29)17-6-10-19(26)11-7-17/h3-14,16H,15H2,1-2H3,(H,27,30). The van der Waals surface area contributed by atoms with Gasteiger partial charge < -0.3 is 14.8 Å². The molecule has 7 heteroatoms. The molecule has 0 bridgehead atoms. The van der Waals surface area contributed by atoms with Gasteiger partial charge in [0.1, 0.15) is 17.3 Å². The third-order valence-electron chi connectivity index (χ3n) is 4.44. The molecule has 6 nitrogen and oxygen atoms in total. The van der Waals surface area contributed by atoms with Gasteiger partial charge in [-0.2, -0.15) is 0 Å². The van der Waals surface area contributed by atoms with Crippen LogP contribution in [0.15, 0.2) is 72.8 Å². The van der Waals surface area contributed by atoms with Crippen LogP contribution in [0, 0.1) is 11.7 Å². The Labute approximate surface area is 185 Å². The Hall–Kier alpha value is -4.00. The van der Waals surface area contributed by atoms with E-state index < -0.39 is 11.8 Å². The SMILES string of the molecule is CC(C)C(=O)Nc1cccc(OCC(=O)Oc2ccc(C(=O)c3ccc(F)cc3)cc2)c1. The molecule has 164 valence electrons. The minimum absolute atomic E-state index is 0.122. The van der Waals surface area contributed by atoms with E-state index in [1.807, 2.05) is 0 Å². The molecule has 0 unspecified atom stereocenters. The maximum atomic E-state index is 13.0. The average Bonchev–Trinajstić information content (AvgIpc) is 2.78. The van der Waals surface area contributed by atoms with Crippen LogP contribution in [-0.2, 0) is 9.59 Å². The Balaban J connectivity index is 1.53. The third kappa shape index (κ3) is 6.25. The third-order valence-corrected chi connectivity index (χ3v) is 4.44. The molecule has 3 aromatic rings. The van der Waals surface area contributed by atoms with Gasteiger partial charge in [0.25, 0.3) is 0 Å². The first-order valence-corrected chi connectivity index (χ1v) is 9.96. The molecule has 32 heavy (non-hydrogen) atoms. The van der Waals surface area contributed by atoms with Crippen molar-refractivity contribution in [2.24, 2.45) is 5.92 Å². The molecule has 3 aromatic carbocycles. The lowest BCUT2D eigenvalue weighted by atomic mass is 10.0. The molecule has 0 atom stereocenters. The molecule has 0 aromatic heterocycles. The Morgan fingerprint density at radius 2 is 1.50 bits per heavy atom. The second-order valence-corrected chi connectivity index (χ2v) is 7.29. The van der Waals surface area contributed by atoms with Gasteiger partial charge in [-0.3, -0.25) is 9.59 Å². The molecule has 0 fully saturated rings. The first kappa shape index (κ1) is 22.7. The smallest absolute Gasteiger partial charge is 0.349 e. The minimum Gasteiger partial charge on any atom is -0.482 e. The van der Waals surface area contributed by atoms with Crippen molar-refractivity contribution in [3.63, 3.8) is 0 Å². The molecule has 1 N–H and O–H groups in total. The lowest BCUT2D eigenvalue weighted by molar-refractivity contribution is -0.136. The fourth-order valence-electron chi connectivity index (χ4n) is 2.70. The molecule has 0 saturated heterocycles. The summed E-state index contributed by atoms with van der Waals surface area (Å²) in [6, 6.07) is 18.0. The lowest BCUT2D eigenvalue weighted by Gasteiger charge is -2.10. The molecule has 0 aliphatic carbocycles. The van der Waals surface area contributed by atoms with E-state index in [0.717, 1.165) is 0 Å². The molecule has 0 heterocycles.